The molecule has 1 fully saturated rings. The van der Waals surface area contributed by atoms with E-state index in [9.17, 15) is 9.59 Å². The normalized spacial score (nSPS) is 13.8. The first kappa shape index (κ1) is 19.8. The van der Waals surface area contributed by atoms with Crippen molar-refractivity contribution in [3.8, 4) is 11.5 Å². The number of amides is 2. The Morgan fingerprint density at radius 2 is 1.83 bits per heavy atom. The molecule has 1 aliphatic heterocycles. The Bertz CT molecular complexity index is 1040. The van der Waals surface area contributed by atoms with Gasteiger partial charge >= 0.3 is 0 Å². The van der Waals surface area contributed by atoms with Crippen LogP contribution in [0.4, 0.5) is 5.69 Å². The van der Waals surface area contributed by atoms with Crippen LogP contribution in [-0.4, -0.2) is 48.0 Å². The third-order valence-electron chi connectivity index (χ3n) is 5.05. The van der Waals surface area contributed by atoms with Crippen LogP contribution in [-0.2, 0) is 16.0 Å². The van der Waals surface area contributed by atoms with Crippen molar-refractivity contribution in [3.63, 3.8) is 0 Å². The minimum atomic E-state index is -0.220. The lowest BCUT2D eigenvalue weighted by molar-refractivity contribution is -0.115. The highest BCUT2D eigenvalue weighted by atomic mass is 16.5. The first-order valence-electron chi connectivity index (χ1n) is 9.88. The highest BCUT2D eigenvalue weighted by molar-refractivity contribution is 5.99. The number of morpholine rings is 1. The smallest absolute Gasteiger partial charge is 0.254 e. The van der Waals surface area contributed by atoms with Gasteiger partial charge in [0.05, 0.1) is 25.3 Å². The monoisotopic (exact) mass is 405 g/mol. The Labute approximate surface area is 174 Å². The number of nitrogens with zero attached hydrogens (tertiary/aromatic N) is 2. The molecular formula is C23H23N3O4. The Morgan fingerprint density at radius 3 is 2.60 bits per heavy atom. The molecule has 7 nitrogen and oxygen atoms in total. The number of benzene rings is 2. The Hall–Kier alpha value is -3.45. The van der Waals surface area contributed by atoms with Gasteiger partial charge in [-0.2, -0.15) is 0 Å². The average molecular weight is 405 g/mol. The standard InChI is InChI=1S/C23H23N3O4/c1-16-19(23(28)26-10-12-29-13-11-26)8-5-9-20(16)25-21(27)14-18-15-30-22(24-18)17-6-3-2-4-7-17/h2-9,15H,10-14H2,1H3,(H,25,27). The first-order valence-corrected chi connectivity index (χ1v) is 9.88. The molecule has 4 rings (SSSR count). The van der Waals surface area contributed by atoms with Crippen molar-refractivity contribution in [1.82, 2.24) is 9.88 Å². The molecule has 1 aromatic heterocycles. The Balaban J connectivity index is 1.43. The molecule has 2 aromatic carbocycles. The van der Waals surface area contributed by atoms with Crippen molar-refractivity contribution in [2.75, 3.05) is 31.6 Å². The number of ether oxygens (including phenoxy) is 1. The van der Waals surface area contributed by atoms with Gasteiger partial charge in [0, 0.05) is 29.9 Å². The van der Waals surface area contributed by atoms with E-state index < -0.39 is 0 Å². The van der Waals surface area contributed by atoms with Gasteiger partial charge in [-0.25, -0.2) is 4.98 Å². The number of hydrogen-bond acceptors (Lipinski definition) is 5. The molecule has 1 aliphatic rings. The van der Waals surface area contributed by atoms with Crippen molar-refractivity contribution >= 4 is 17.5 Å². The van der Waals surface area contributed by atoms with Crippen molar-refractivity contribution in [1.29, 1.82) is 0 Å². The molecule has 1 N–H and O–H groups in total. The van der Waals surface area contributed by atoms with Crippen LogP contribution in [0.1, 0.15) is 21.6 Å². The van der Waals surface area contributed by atoms with Crippen LogP contribution in [0, 0.1) is 6.92 Å². The molecule has 0 atom stereocenters. The SMILES string of the molecule is Cc1c(NC(=O)Cc2coc(-c3ccccc3)n2)cccc1C(=O)N1CCOCC1. The quantitative estimate of drug-likeness (QED) is 0.704. The van der Waals surface area contributed by atoms with Crippen LogP contribution in [0.3, 0.4) is 0 Å². The summed E-state index contributed by atoms with van der Waals surface area (Å²) in [4.78, 5) is 31.5. The number of hydrogen-bond donors (Lipinski definition) is 1. The maximum Gasteiger partial charge on any atom is 0.254 e. The fourth-order valence-corrected chi connectivity index (χ4v) is 3.40. The van der Waals surface area contributed by atoms with E-state index in [0.29, 0.717) is 49.1 Å². The molecule has 0 unspecified atom stereocenters. The lowest BCUT2D eigenvalue weighted by Crippen LogP contribution is -2.41. The molecule has 1 saturated heterocycles. The summed E-state index contributed by atoms with van der Waals surface area (Å²) in [5.74, 6) is 0.213. The second-order valence-electron chi connectivity index (χ2n) is 7.12. The van der Waals surface area contributed by atoms with Crippen LogP contribution < -0.4 is 5.32 Å². The van der Waals surface area contributed by atoms with E-state index in [1.54, 1.807) is 23.1 Å². The molecular weight excluding hydrogens is 382 g/mol. The molecule has 2 heterocycles. The molecule has 7 heteroatoms. The zero-order chi connectivity index (χ0) is 20.9. The van der Waals surface area contributed by atoms with Gasteiger partial charge in [-0.3, -0.25) is 9.59 Å². The Morgan fingerprint density at radius 1 is 1.07 bits per heavy atom. The number of rotatable bonds is 5. The van der Waals surface area contributed by atoms with Crippen LogP contribution in [0.5, 0.6) is 0 Å². The van der Waals surface area contributed by atoms with Crippen LogP contribution in [0.2, 0.25) is 0 Å². The molecule has 0 aliphatic carbocycles. The highest BCUT2D eigenvalue weighted by Crippen LogP contribution is 2.22. The summed E-state index contributed by atoms with van der Waals surface area (Å²) in [6.07, 6.45) is 1.57. The zero-order valence-corrected chi connectivity index (χ0v) is 16.8. The van der Waals surface area contributed by atoms with Crippen LogP contribution in [0.15, 0.2) is 59.2 Å². The maximum absolute atomic E-state index is 12.8. The van der Waals surface area contributed by atoms with Crippen LogP contribution in [0.25, 0.3) is 11.5 Å². The van der Waals surface area contributed by atoms with Gasteiger partial charge in [-0.15, -0.1) is 0 Å². The molecule has 0 saturated carbocycles. The highest BCUT2D eigenvalue weighted by Gasteiger charge is 2.21. The molecule has 30 heavy (non-hydrogen) atoms. The topological polar surface area (TPSA) is 84.7 Å². The third kappa shape index (κ3) is 4.41. The van der Waals surface area contributed by atoms with Gasteiger partial charge in [-0.05, 0) is 36.8 Å². The first-order chi connectivity index (χ1) is 14.6. The summed E-state index contributed by atoms with van der Waals surface area (Å²) >= 11 is 0. The van der Waals surface area contributed by atoms with Gasteiger partial charge in [-0.1, -0.05) is 24.3 Å². The number of carbonyl (C=O) groups is 2. The van der Waals surface area contributed by atoms with E-state index in [1.165, 1.54) is 6.26 Å². The summed E-state index contributed by atoms with van der Waals surface area (Å²) in [6, 6.07) is 14.9. The number of nitrogens with one attached hydrogen (secondary N) is 1. The molecule has 0 spiro atoms. The molecule has 0 bridgehead atoms. The number of aromatic nitrogens is 1. The van der Waals surface area contributed by atoms with E-state index in [2.05, 4.69) is 10.3 Å². The predicted molar refractivity (Wildman–Crippen MR) is 112 cm³/mol. The van der Waals surface area contributed by atoms with Gasteiger partial charge in [0.1, 0.15) is 6.26 Å². The van der Waals surface area contributed by atoms with Gasteiger partial charge in [0.15, 0.2) is 0 Å². The molecule has 154 valence electrons. The fraction of sp³-hybridized carbons (Fsp3) is 0.261. The Kier molecular flexibility index (Phi) is 5.90. The molecule has 3 aromatic rings. The lowest BCUT2D eigenvalue weighted by atomic mass is 10.0. The predicted octanol–water partition coefficient (Wildman–Crippen LogP) is 3.30. The van der Waals surface area contributed by atoms with Crippen molar-refractivity contribution in [2.45, 2.75) is 13.3 Å². The number of oxazole rings is 1. The van der Waals surface area contributed by atoms with E-state index >= 15 is 0 Å². The van der Waals surface area contributed by atoms with Gasteiger partial charge in [0.25, 0.3) is 5.91 Å². The van der Waals surface area contributed by atoms with Crippen LogP contribution >= 0.6 is 0 Å². The molecule has 2 amide bonds. The molecule has 0 radical (unpaired) electrons. The number of anilines is 1. The maximum atomic E-state index is 12.8. The van der Waals surface area contributed by atoms with Gasteiger partial charge < -0.3 is 19.4 Å². The lowest BCUT2D eigenvalue weighted by Gasteiger charge is -2.27. The van der Waals surface area contributed by atoms with E-state index in [1.807, 2.05) is 37.3 Å². The minimum Gasteiger partial charge on any atom is -0.444 e. The van der Waals surface area contributed by atoms with Crippen molar-refractivity contribution < 1.29 is 18.7 Å². The summed E-state index contributed by atoms with van der Waals surface area (Å²) in [6.45, 7) is 4.08. The van der Waals surface area contributed by atoms with Crippen molar-refractivity contribution in [2.24, 2.45) is 0 Å². The number of carbonyl (C=O) groups excluding carboxylic acids is 2. The summed E-state index contributed by atoms with van der Waals surface area (Å²) < 4.78 is 10.8. The van der Waals surface area contributed by atoms with E-state index in [4.69, 9.17) is 9.15 Å². The summed E-state index contributed by atoms with van der Waals surface area (Å²) in [5, 5.41) is 2.89. The van der Waals surface area contributed by atoms with Gasteiger partial charge in [0.2, 0.25) is 11.8 Å². The second kappa shape index (κ2) is 8.92. The fourth-order valence-electron chi connectivity index (χ4n) is 3.40. The third-order valence-corrected chi connectivity index (χ3v) is 5.05. The van der Waals surface area contributed by atoms with Crippen molar-refractivity contribution in [3.05, 3.63) is 71.6 Å². The minimum absolute atomic E-state index is 0.0455. The largest absolute Gasteiger partial charge is 0.444 e. The van der Waals surface area contributed by atoms with E-state index in [-0.39, 0.29) is 18.2 Å². The summed E-state index contributed by atoms with van der Waals surface area (Å²) in [7, 11) is 0. The van der Waals surface area contributed by atoms with E-state index in [0.717, 1.165) is 11.1 Å². The zero-order valence-electron chi connectivity index (χ0n) is 16.8. The second-order valence-corrected chi connectivity index (χ2v) is 7.12. The summed E-state index contributed by atoms with van der Waals surface area (Å²) in [5.41, 5.74) is 3.35. The average Bonchev–Trinajstić information content (AvgIpc) is 3.24.